The number of benzene rings is 2. The first-order valence-electron chi connectivity index (χ1n) is 7.70. The molecule has 0 spiro atoms. The van der Waals surface area contributed by atoms with Gasteiger partial charge in [0, 0.05) is 31.7 Å². The van der Waals surface area contributed by atoms with Gasteiger partial charge in [0.15, 0.2) is 0 Å². The molecular weight excluding hydrogens is 295 g/mol. The summed E-state index contributed by atoms with van der Waals surface area (Å²) < 4.78 is 18.7. The van der Waals surface area contributed by atoms with Gasteiger partial charge in [0.2, 0.25) is 0 Å². The van der Waals surface area contributed by atoms with Crippen LogP contribution in [0.5, 0.6) is 5.75 Å². The van der Waals surface area contributed by atoms with Gasteiger partial charge in [-0.05, 0) is 42.0 Å². The van der Waals surface area contributed by atoms with Gasteiger partial charge in [-0.1, -0.05) is 12.1 Å². The van der Waals surface area contributed by atoms with E-state index in [1.54, 1.807) is 30.3 Å². The fourth-order valence-electron chi connectivity index (χ4n) is 2.54. The van der Waals surface area contributed by atoms with Crippen LogP contribution in [-0.4, -0.2) is 37.0 Å². The number of hydrogen-bond acceptors (Lipinski definition) is 3. The van der Waals surface area contributed by atoms with Crippen molar-refractivity contribution in [2.24, 2.45) is 0 Å². The summed E-state index contributed by atoms with van der Waals surface area (Å²) in [6, 6.07) is 13.4. The number of rotatable bonds is 4. The van der Waals surface area contributed by atoms with E-state index in [1.165, 1.54) is 12.1 Å². The van der Waals surface area contributed by atoms with Crippen molar-refractivity contribution in [3.05, 3.63) is 65.5 Å². The average Bonchev–Trinajstić information content (AvgIpc) is 2.61. The summed E-state index contributed by atoms with van der Waals surface area (Å²) in [4.78, 5) is 14.2. The van der Waals surface area contributed by atoms with Crippen molar-refractivity contribution in [3.8, 4) is 5.75 Å². The van der Waals surface area contributed by atoms with E-state index in [4.69, 9.17) is 4.74 Å². The van der Waals surface area contributed by atoms with Gasteiger partial charge in [0.25, 0.3) is 5.91 Å². The monoisotopic (exact) mass is 314 g/mol. The van der Waals surface area contributed by atoms with Crippen LogP contribution in [0.15, 0.2) is 48.5 Å². The van der Waals surface area contributed by atoms with Gasteiger partial charge in [-0.2, -0.15) is 0 Å². The van der Waals surface area contributed by atoms with Crippen LogP contribution in [0.2, 0.25) is 0 Å². The lowest BCUT2D eigenvalue weighted by molar-refractivity contribution is 0.0736. The molecule has 5 heteroatoms. The molecule has 1 heterocycles. The minimum absolute atomic E-state index is 0.0446. The molecule has 1 N–H and O–H groups in total. The number of amides is 1. The summed E-state index contributed by atoms with van der Waals surface area (Å²) in [6.07, 6.45) is 0. The largest absolute Gasteiger partial charge is 0.489 e. The number of ether oxygens (including phenoxy) is 1. The van der Waals surface area contributed by atoms with Crippen molar-refractivity contribution in [1.82, 2.24) is 10.2 Å². The van der Waals surface area contributed by atoms with Crippen LogP contribution in [0.3, 0.4) is 0 Å². The third-order valence-electron chi connectivity index (χ3n) is 3.80. The van der Waals surface area contributed by atoms with Gasteiger partial charge >= 0.3 is 0 Å². The molecule has 0 bridgehead atoms. The molecule has 1 saturated heterocycles. The molecule has 0 aliphatic carbocycles. The van der Waals surface area contributed by atoms with Gasteiger partial charge in [-0.15, -0.1) is 0 Å². The van der Waals surface area contributed by atoms with Gasteiger partial charge in [0.05, 0.1) is 0 Å². The minimum Gasteiger partial charge on any atom is -0.489 e. The Morgan fingerprint density at radius 1 is 1.13 bits per heavy atom. The molecule has 120 valence electrons. The molecule has 0 unspecified atom stereocenters. The Bertz CT molecular complexity index is 667. The SMILES string of the molecule is O=C(c1ccc(OCc2cccc(F)c2)cc1)N1CCNCC1. The second-order valence-corrected chi connectivity index (χ2v) is 5.49. The summed E-state index contributed by atoms with van der Waals surface area (Å²) in [7, 11) is 0. The maximum absolute atomic E-state index is 13.1. The molecule has 4 nitrogen and oxygen atoms in total. The van der Waals surface area contributed by atoms with Crippen molar-refractivity contribution < 1.29 is 13.9 Å². The lowest BCUT2D eigenvalue weighted by atomic mass is 10.1. The Balaban J connectivity index is 1.59. The number of carbonyl (C=O) groups is 1. The summed E-state index contributed by atoms with van der Waals surface area (Å²) in [5.74, 6) is 0.428. The molecule has 0 aromatic heterocycles. The summed E-state index contributed by atoms with van der Waals surface area (Å²) in [5, 5.41) is 3.23. The molecule has 2 aromatic carbocycles. The summed E-state index contributed by atoms with van der Waals surface area (Å²) in [6.45, 7) is 3.43. The Kier molecular flexibility index (Phi) is 4.88. The molecule has 1 fully saturated rings. The Labute approximate surface area is 134 Å². The van der Waals surface area contributed by atoms with E-state index in [0.717, 1.165) is 31.7 Å². The van der Waals surface area contributed by atoms with Crippen LogP contribution in [0, 0.1) is 5.82 Å². The smallest absolute Gasteiger partial charge is 0.253 e. The van der Waals surface area contributed by atoms with E-state index in [2.05, 4.69) is 5.32 Å². The first-order chi connectivity index (χ1) is 11.2. The van der Waals surface area contributed by atoms with Gasteiger partial charge < -0.3 is 15.0 Å². The first-order valence-corrected chi connectivity index (χ1v) is 7.70. The van der Waals surface area contributed by atoms with Crippen LogP contribution in [0.4, 0.5) is 4.39 Å². The minimum atomic E-state index is -0.275. The topological polar surface area (TPSA) is 41.6 Å². The van der Waals surface area contributed by atoms with Gasteiger partial charge in [-0.25, -0.2) is 4.39 Å². The van der Waals surface area contributed by atoms with Crippen LogP contribution in [0.25, 0.3) is 0 Å². The first kappa shape index (κ1) is 15.5. The van der Waals surface area contributed by atoms with Crippen LogP contribution >= 0.6 is 0 Å². The van der Waals surface area contributed by atoms with Crippen LogP contribution < -0.4 is 10.1 Å². The molecule has 0 atom stereocenters. The molecule has 23 heavy (non-hydrogen) atoms. The highest BCUT2D eigenvalue weighted by Crippen LogP contribution is 2.16. The quantitative estimate of drug-likeness (QED) is 0.942. The van der Waals surface area contributed by atoms with Crippen LogP contribution in [0.1, 0.15) is 15.9 Å². The third-order valence-corrected chi connectivity index (χ3v) is 3.80. The van der Waals surface area contributed by atoms with Gasteiger partial charge in [0.1, 0.15) is 18.2 Å². The molecule has 2 aromatic rings. The number of nitrogens with zero attached hydrogens (tertiary/aromatic N) is 1. The fraction of sp³-hybridized carbons (Fsp3) is 0.278. The predicted molar refractivity (Wildman–Crippen MR) is 85.9 cm³/mol. The Hall–Kier alpha value is -2.40. The molecule has 0 radical (unpaired) electrons. The fourth-order valence-corrected chi connectivity index (χ4v) is 2.54. The van der Waals surface area contributed by atoms with Gasteiger partial charge in [-0.3, -0.25) is 4.79 Å². The number of halogens is 1. The zero-order valence-corrected chi connectivity index (χ0v) is 12.8. The second kappa shape index (κ2) is 7.24. The highest BCUT2D eigenvalue weighted by atomic mass is 19.1. The molecule has 1 aliphatic rings. The van der Waals surface area contributed by atoms with Crippen molar-refractivity contribution >= 4 is 5.91 Å². The maximum Gasteiger partial charge on any atom is 0.253 e. The van der Waals surface area contributed by atoms with E-state index >= 15 is 0 Å². The normalized spacial score (nSPS) is 14.6. The summed E-state index contributed by atoms with van der Waals surface area (Å²) in [5.41, 5.74) is 1.43. The van der Waals surface area contributed by atoms with Crippen molar-refractivity contribution in [1.29, 1.82) is 0 Å². The van der Waals surface area contributed by atoms with E-state index in [0.29, 0.717) is 17.9 Å². The standard InChI is InChI=1S/C18H19FN2O2/c19-16-3-1-2-14(12-16)13-23-17-6-4-15(5-7-17)18(22)21-10-8-20-9-11-21/h1-7,12,20H,8-11,13H2. The van der Waals surface area contributed by atoms with E-state index in [-0.39, 0.29) is 11.7 Å². The van der Waals surface area contributed by atoms with E-state index < -0.39 is 0 Å². The molecular formula is C18H19FN2O2. The van der Waals surface area contributed by atoms with Crippen LogP contribution in [-0.2, 0) is 6.61 Å². The van der Waals surface area contributed by atoms with E-state index in [9.17, 15) is 9.18 Å². The second-order valence-electron chi connectivity index (χ2n) is 5.49. The predicted octanol–water partition coefficient (Wildman–Crippen LogP) is 2.45. The Morgan fingerprint density at radius 2 is 1.87 bits per heavy atom. The third kappa shape index (κ3) is 4.07. The number of piperazine rings is 1. The van der Waals surface area contributed by atoms with Crippen molar-refractivity contribution in [2.45, 2.75) is 6.61 Å². The van der Waals surface area contributed by atoms with Crippen molar-refractivity contribution in [2.75, 3.05) is 26.2 Å². The maximum atomic E-state index is 13.1. The number of hydrogen-bond donors (Lipinski definition) is 1. The van der Waals surface area contributed by atoms with E-state index in [1.807, 2.05) is 11.0 Å². The van der Waals surface area contributed by atoms with Crippen molar-refractivity contribution in [3.63, 3.8) is 0 Å². The molecule has 0 saturated carbocycles. The zero-order valence-electron chi connectivity index (χ0n) is 12.8. The highest BCUT2D eigenvalue weighted by molar-refractivity contribution is 5.94. The Morgan fingerprint density at radius 3 is 2.57 bits per heavy atom. The molecule has 1 amide bonds. The number of carbonyl (C=O) groups excluding carboxylic acids is 1. The average molecular weight is 314 g/mol. The highest BCUT2D eigenvalue weighted by Gasteiger charge is 2.17. The lowest BCUT2D eigenvalue weighted by Gasteiger charge is -2.27. The summed E-state index contributed by atoms with van der Waals surface area (Å²) >= 11 is 0. The number of nitrogens with one attached hydrogen (secondary N) is 1. The molecule has 3 rings (SSSR count). The lowest BCUT2D eigenvalue weighted by Crippen LogP contribution is -2.46. The molecule has 1 aliphatic heterocycles. The zero-order chi connectivity index (χ0) is 16.1.